The molecule has 1 aromatic rings. The molecule has 13 heavy (non-hydrogen) atoms. The van der Waals surface area contributed by atoms with Gasteiger partial charge in [0.15, 0.2) is 0 Å². The van der Waals surface area contributed by atoms with Gasteiger partial charge in [0.25, 0.3) is 0 Å². The van der Waals surface area contributed by atoms with E-state index in [2.05, 4.69) is 25.1 Å². The van der Waals surface area contributed by atoms with Crippen molar-refractivity contribution in [3.05, 3.63) is 18.0 Å². The Morgan fingerprint density at radius 3 is 2.69 bits per heavy atom. The van der Waals surface area contributed by atoms with Crippen molar-refractivity contribution in [1.82, 2.24) is 9.78 Å². The molecule has 0 spiro atoms. The molecule has 0 saturated carbocycles. The van der Waals surface area contributed by atoms with E-state index in [1.165, 1.54) is 5.56 Å². The smallest absolute Gasteiger partial charge is 0.0521 e. The summed E-state index contributed by atoms with van der Waals surface area (Å²) in [5.74, 6) is 0.573. The van der Waals surface area contributed by atoms with Crippen molar-refractivity contribution in [3.63, 3.8) is 0 Å². The fraction of sp³-hybridized carbons (Fsp3) is 0.700. The Hall–Kier alpha value is -0.830. The van der Waals surface area contributed by atoms with E-state index in [1.54, 1.807) is 0 Å². The third-order valence-corrected chi connectivity index (χ3v) is 2.52. The molecule has 0 aliphatic heterocycles. The molecular weight excluding hydrogens is 162 g/mol. The summed E-state index contributed by atoms with van der Waals surface area (Å²) >= 11 is 0. The number of aromatic nitrogens is 2. The lowest BCUT2D eigenvalue weighted by atomic mass is 9.93. The molecule has 0 amide bonds. The van der Waals surface area contributed by atoms with E-state index in [0.29, 0.717) is 5.92 Å². The summed E-state index contributed by atoms with van der Waals surface area (Å²) in [6.45, 7) is 4.26. The van der Waals surface area contributed by atoms with Gasteiger partial charge in [-0.15, -0.1) is 0 Å². The summed E-state index contributed by atoms with van der Waals surface area (Å²) in [5, 5.41) is 4.14. The second kappa shape index (κ2) is 4.42. The van der Waals surface area contributed by atoms with Crippen LogP contribution in [0.3, 0.4) is 0 Å². The molecule has 2 unspecified atom stereocenters. The van der Waals surface area contributed by atoms with Gasteiger partial charge in [0, 0.05) is 19.3 Å². The van der Waals surface area contributed by atoms with Crippen molar-refractivity contribution in [3.8, 4) is 0 Å². The largest absolute Gasteiger partial charge is 0.328 e. The quantitative estimate of drug-likeness (QED) is 0.761. The molecule has 0 radical (unpaired) electrons. The van der Waals surface area contributed by atoms with Crippen LogP contribution in [-0.2, 0) is 13.5 Å². The van der Waals surface area contributed by atoms with E-state index in [-0.39, 0.29) is 6.04 Å². The van der Waals surface area contributed by atoms with Crippen LogP contribution in [0.1, 0.15) is 25.8 Å². The van der Waals surface area contributed by atoms with Crippen LogP contribution in [0.25, 0.3) is 0 Å². The fourth-order valence-corrected chi connectivity index (χ4v) is 1.58. The Labute approximate surface area is 79.9 Å². The summed E-state index contributed by atoms with van der Waals surface area (Å²) in [7, 11) is 1.94. The summed E-state index contributed by atoms with van der Waals surface area (Å²) in [5.41, 5.74) is 7.16. The minimum Gasteiger partial charge on any atom is -0.328 e. The lowest BCUT2D eigenvalue weighted by molar-refractivity contribution is 0.427. The van der Waals surface area contributed by atoms with Crippen LogP contribution in [-0.4, -0.2) is 15.8 Å². The zero-order valence-electron chi connectivity index (χ0n) is 8.70. The van der Waals surface area contributed by atoms with E-state index in [1.807, 2.05) is 17.9 Å². The average Bonchev–Trinajstić information content (AvgIpc) is 2.46. The second-order valence-electron chi connectivity index (χ2n) is 3.75. The highest BCUT2D eigenvalue weighted by Gasteiger charge is 2.12. The molecule has 1 rings (SSSR count). The first-order valence-corrected chi connectivity index (χ1v) is 4.86. The summed E-state index contributed by atoms with van der Waals surface area (Å²) < 4.78 is 1.84. The van der Waals surface area contributed by atoms with Crippen molar-refractivity contribution in [2.75, 3.05) is 0 Å². The predicted octanol–water partition coefficient (Wildman–Crippen LogP) is 1.34. The highest BCUT2D eigenvalue weighted by Crippen LogP contribution is 2.13. The van der Waals surface area contributed by atoms with E-state index in [0.717, 1.165) is 12.8 Å². The van der Waals surface area contributed by atoms with Gasteiger partial charge in [-0.05, 0) is 24.8 Å². The van der Waals surface area contributed by atoms with Gasteiger partial charge in [-0.1, -0.05) is 13.3 Å². The summed E-state index contributed by atoms with van der Waals surface area (Å²) in [6, 6.07) is 0.269. The first kappa shape index (κ1) is 10.3. The molecule has 2 atom stereocenters. The number of nitrogens with two attached hydrogens (primary N) is 1. The number of hydrogen-bond acceptors (Lipinski definition) is 2. The molecular formula is C10H19N3. The van der Waals surface area contributed by atoms with Crippen LogP contribution in [0.4, 0.5) is 0 Å². The summed E-state index contributed by atoms with van der Waals surface area (Å²) in [4.78, 5) is 0. The minimum absolute atomic E-state index is 0.269. The SMILES string of the molecule is CCC(Cc1cnn(C)c1)C(C)N. The van der Waals surface area contributed by atoms with E-state index >= 15 is 0 Å². The Balaban J connectivity index is 2.56. The van der Waals surface area contributed by atoms with Crippen LogP contribution in [0.15, 0.2) is 12.4 Å². The van der Waals surface area contributed by atoms with Gasteiger partial charge >= 0.3 is 0 Å². The molecule has 3 nitrogen and oxygen atoms in total. The summed E-state index contributed by atoms with van der Waals surface area (Å²) in [6.07, 6.45) is 6.16. The lowest BCUT2D eigenvalue weighted by Crippen LogP contribution is -2.27. The first-order valence-electron chi connectivity index (χ1n) is 4.86. The molecule has 74 valence electrons. The Morgan fingerprint density at radius 1 is 1.62 bits per heavy atom. The van der Waals surface area contributed by atoms with Gasteiger partial charge in [-0.25, -0.2) is 0 Å². The van der Waals surface area contributed by atoms with Crippen molar-refractivity contribution >= 4 is 0 Å². The van der Waals surface area contributed by atoms with Crippen LogP contribution in [0, 0.1) is 5.92 Å². The molecule has 0 aromatic carbocycles. The number of aryl methyl sites for hydroxylation is 1. The molecule has 0 aliphatic rings. The van der Waals surface area contributed by atoms with Crippen molar-refractivity contribution in [2.45, 2.75) is 32.7 Å². The fourth-order valence-electron chi connectivity index (χ4n) is 1.58. The third kappa shape index (κ3) is 2.84. The standard InChI is InChI=1S/C10H19N3/c1-4-10(8(2)11)5-9-6-12-13(3)7-9/h6-8,10H,4-5,11H2,1-3H3. The molecule has 0 aliphatic carbocycles. The normalized spacial score (nSPS) is 15.7. The lowest BCUT2D eigenvalue weighted by Gasteiger charge is -2.17. The predicted molar refractivity (Wildman–Crippen MR) is 54.3 cm³/mol. The zero-order valence-corrected chi connectivity index (χ0v) is 8.70. The van der Waals surface area contributed by atoms with E-state index < -0.39 is 0 Å². The van der Waals surface area contributed by atoms with Gasteiger partial charge in [-0.2, -0.15) is 5.10 Å². The monoisotopic (exact) mass is 181 g/mol. The molecule has 1 heterocycles. The maximum atomic E-state index is 5.87. The van der Waals surface area contributed by atoms with Crippen LogP contribution in [0.5, 0.6) is 0 Å². The van der Waals surface area contributed by atoms with Crippen molar-refractivity contribution in [1.29, 1.82) is 0 Å². The molecule has 0 fully saturated rings. The average molecular weight is 181 g/mol. The highest BCUT2D eigenvalue weighted by molar-refractivity contribution is 5.05. The van der Waals surface area contributed by atoms with Crippen molar-refractivity contribution < 1.29 is 0 Å². The molecule has 3 heteroatoms. The Morgan fingerprint density at radius 2 is 2.31 bits per heavy atom. The zero-order chi connectivity index (χ0) is 9.84. The van der Waals surface area contributed by atoms with Crippen LogP contribution >= 0.6 is 0 Å². The molecule has 0 bridgehead atoms. The maximum Gasteiger partial charge on any atom is 0.0521 e. The van der Waals surface area contributed by atoms with E-state index in [4.69, 9.17) is 5.73 Å². The van der Waals surface area contributed by atoms with Gasteiger partial charge < -0.3 is 5.73 Å². The van der Waals surface area contributed by atoms with E-state index in [9.17, 15) is 0 Å². The first-order chi connectivity index (χ1) is 6.13. The van der Waals surface area contributed by atoms with Crippen LogP contribution < -0.4 is 5.73 Å². The van der Waals surface area contributed by atoms with Gasteiger partial charge in [0.2, 0.25) is 0 Å². The third-order valence-electron chi connectivity index (χ3n) is 2.52. The maximum absolute atomic E-state index is 5.87. The Bertz CT molecular complexity index is 252. The number of nitrogens with zero attached hydrogens (tertiary/aromatic N) is 2. The topological polar surface area (TPSA) is 43.8 Å². The number of rotatable bonds is 4. The number of hydrogen-bond donors (Lipinski definition) is 1. The van der Waals surface area contributed by atoms with Gasteiger partial charge in [0.1, 0.15) is 0 Å². The molecule has 0 saturated heterocycles. The second-order valence-corrected chi connectivity index (χ2v) is 3.75. The van der Waals surface area contributed by atoms with Crippen molar-refractivity contribution in [2.24, 2.45) is 18.7 Å². The highest BCUT2D eigenvalue weighted by atomic mass is 15.2. The van der Waals surface area contributed by atoms with Gasteiger partial charge in [0.05, 0.1) is 6.20 Å². The molecule has 2 N–H and O–H groups in total. The van der Waals surface area contributed by atoms with Gasteiger partial charge in [-0.3, -0.25) is 4.68 Å². The van der Waals surface area contributed by atoms with Crippen LogP contribution in [0.2, 0.25) is 0 Å². The minimum atomic E-state index is 0.269. The Kier molecular flexibility index (Phi) is 3.48. The molecule has 1 aromatic heterocycles.